The highest BCUT2D eigenvalue weighted by atomic mass is 35.5. The molecule has 0 fully saturated rings. The van der Waals surface area contributed by atoms with E-state index in [1.165, 1.54) is 16.2 Å². The Kier molecular flexibility index (Phi) is 5.45. The number of aryl methyl sites for hydroxylation is 1. The summed E-state index contributed by atoms with van der Waals surface area (Å²) in [5, 5.41) is 4.05. The van der Waals surface area contributed by atoms with Gasteiger partial charge in [-0.2, -0.15) is 0 Å². The minimum Gasteiger partial charge on any atom is -0.462 e. The van der Waals surface area contributed by atoms with Gasteiger partial charge in [0, 0.05) is 15.5 Å². The summed E-state index contributed by atoms with van der Waals surface area (Å²) in [6.07, 6.45) is 2.88. The van der Waals surface area contributed by atoms with E-state index in [9.17, 15) is 9.59 Å². The molecule has 0 radical (unpaired) electrons. The number of ether oxygens (including phenoxy) is 1. The lowest BCUT2D eigenvalue weighted by atomic mass is 9.88. The Morgan fingerprint density at radius 1 is 1.32 bits per heavy atom. The monoisotopic (exact) mass is 377 g/mol. The van der Waals surface area contributed by atoms with E-state index < -0.39 is 0 Å². The van der Waals surface area contributed by atoms with Gasteiger partial charge in [-0.05, 0) is 61.9 Å². The van der Waals surface area contributed by atoms with Crippen LogP contribution in [0, 0.1) is 5.92 Å². The van der Waals surface area contributed by atoms with Crippen molar-refractivity contribution in [1.29, 1.82) is 0 Å². The van der Waals surface area contributed by atoms with E-state index in [0.29, 0.717) is 33.7 Å². The number of esters is 1. The van der Waals surface area contributed by atoms with Crippen molar-refractivity contribution in [3.63, 3.8) is 0 Å². The van der Waals surface area contributed by atoms with E-state index >= 15 is 0 Å². The van der Waals surface area contributed by atoms with Crippen molar-refractivity contribution in [2.75, 3.05) is 11.9 Å². The zero-order chi connectivity index (χ0) is 18.0. The van der Waals surface area contributed by atoms with E-state index in [1.54, 1.807) is 31.2 Å². The fourth-order valence-corrected chi connectivity index (χ4v) is 4.40. The molecule has 25 heavy (non-hydrogen) atoms. The summed E-state index contributed by atoms with van der Waals surface area (Å²) < 4.78 is 5.23. The Bertz CT molecular complexity index is 798. The maximum Gasteiger partial charge on any atom is 0.341 e. The van der Waals surface area contributed by atoms with Gasteiger partial charge in [0.2, 0.25) is 0 Å². The predicted octanol–water partition coefficient (Wildman–Crippen LogP) is 4.96. The second kappa shape index (κ2) is 7.58. The smallest absolute Gasteiger partial charge is 0.341 e. The van der Waals surface area contributed by atoms with Gasteiger partial charge in [0.25, 0.3) is 5.91 Å². The van der Waals surface area contributed by atoms with Gasteiger partial charge in [-0.1, -0.05) is 18.5 Å². The standard InChI is InChI=1S/C19H20ClNO3S/c1-3-24-19(23)16-14-10-11(2)4-9-15(14)25-18(16)21-17(22)12-5-7-13(20)8-6-12/h5-8,11H,3-4,9-10H2,1-2H3,(H,21,22). The molecule has 6 heteroatoms. The number of fused-ring (bicyclic) bond motifs is 1. The molecule has 1 atom stereocenters. The summed E-state index contributed by atoms with van der Waals surface area (Å²) in [6.45, 7) is 4.27. The minimum atomic E-state index is -0.361. The number of hydrogen-bond acceptors (Lipinski definition) is 4. The number of anilines is 1. The van der Waals surface area contributed by atoms with Crippen molar-refractivity contribution in [3.8, 4) is 0 Å². The van der Waals surface area contributed by atoms with Gasteiger partial charge in [0.1, 0.15) is 5.00 Å². The fraction of sp³-hybridized carbons (Fsp3) is 0.368. The number of thiophene rings is 1. The summed E-state index contributed by atoms with van der Waals surface area (Å²) in [6, 6.07) is 6.67. The van der Waals surface area contributed by atoms with Gasteiger partial charge in [0.15, 0.2) is 0 Å². The number of halogens is 1. The largest absolute Gasteiger partial charge is 0.462 e. The molecule has 0 aliphatic heterocycles. The van der Waals surface area contributed by atoms with Crippen LogP contribution in [0.3, 0.4) is 0 Å². The molecule has 0 saturated heterocycles. The van der Waals surface area contributed by atoms with Crippen LogP contribution in [0.15, 0.2) is 24.3 Å². The first-order valence-electron chi connectivity index (χ1n) is 8.38. The molecule has 1 amide bonds. The number of rotatable bonds is 4. The van der Waals surface area contributed by atoms with Crippen molar-refractivity contribution < 1.29 is 14.3 Å². The Balaban J connectivity index is 1.93. The maximum atomic E-state index is 12.5. The molecule has 1 aliphatic rings. The van der Waals surface area contributed by atoms with E-state index in [0.717, 1.165) is 24.8 Å². The molecular formula is C19H20ClNO3S. The minimum absolute atomic E-state index is 0.256. The third-order valence-electron chi connectivity index (χ3n) is 4.32. The first kappa shape index (κ1) is 18.0. The molecule has 1 aromatic carbocycles. The number of benzene rings is 1. The molecule has 132 valence electrons. The molecule has 2 aromatic rings. The van der Waals surface area contributed by atoms with Crippen molar-refractivity contribution in [1.82, 2.24) is 0 Å². The van der Waals surface area contributed by atoms with Crippen LogP contribution in [-0.4, -0.2) is 18.5 Å². The quantitative estimate of drug-likeness (QED) is 0.766. The molecule has 1 heterocycles. The van der Waals surface area contributed by atoms with Gasteiger partial charge in [-0.25, -0.2) is 4.79 Å². The zero-order valence-electron chi connectivity index (χ0n) is 14.2. The fourth-order valence-electron chi connectivity index (χ4n) is 3.04. The van der Waals surface area contributed by atoms with Crippen LogP contribution in [0.2, 0.25) is 5.02 Å². The first-order chi connectivity index (χ1) is 12.0. The molecular weight excluding hydrogens is 358 g/mol. The number of carbonyl (C=O) groups excluding carboxylic acids is 2. The van der Waals surface area contributed by atoms with Gasteiger partial charge in [0.05, 0.1) is 12.2 Å². The molecule has 1 unspecified atom stereocenters. The molecule has 1 aromatic heterocycles. The lowest BCUT2D eigenvalue weighted by Crippen LogP contribution is -2.17. The van der Waals surface area contributed by atoms with Crippen LogP contribution < -0.4 is 5.32 Å². The normalized spacial score (nSPS) is 16.2. The molecule has 1 aliphatic carbocycles. The van der Waals surface area contributed by atoms with Crippen molar-refractivity contribution in [2.45, 2.75) is 33.1 Å². The average Bonchev–Trinajstić information content (AvgIpc) is 2.92. The SMILES string of the molecule is CCOC(=O)c1c(NC(=O)c2ccc(Cl)cc2)sc2c1CC(C)CC2. The van der Waals surface area contributed by atoms with Gasteiger partial charge < -0.3 is 10.1 Å². The van der Waals surface area contributed by atoms with Crippen LogP contribution in [-0.2, 0) is 17.6 Å². The van der Waals surface area contributed by atoms with Crippen LogP contribution in [0.25, 0.3) is 0 Å². The molecule has 0 spiro atoms. The average molecular weight is 378 g/mol. The summed E-state index contributed by atoms with van der Waals surface area (Å²) in [4.78, 5) is 26.2. The number of carbonyl (C=O) groups is 2. The Hall–Kier alpha value is -1.85. The summed E-state index contributed by atoms with van der Waals surface area (Å²) in [5.41, 5.74) is 2.06. The summed E-state index contributed by atoms with van der Waals surface area (Å²) in [5.74, 6) is -0.0931. The highest BCUT2D eigenvalue weighted by Gasteiger charge is 2.29. The Morgan fingerprint density at radius 2 is 2.04 bits per heavy atom. The van der Waals surface area contributed by atoms with E-state index in [4.69, 9.17) is 16.3 Å². The lowest BCUT2D eigenvalue weighted by molar-refractivity contribution is 0.0526. The molecule has 3 rings (SSSR count). The van der Waals surface area contributed by atoms with Crippen molar-refractivity contribution in [3.05, 3.63) is 50.9 Å². The molecule has 1 N–H and O–H groups in total. The van der Waals surface area contributed by atoms with Gasteiger partial charge in [-0.15, -0.1) is 11.3 Å². The van der Waals surface area contributed by atoms with Crippen LogP contribution in [0.4, 0.5) is 5.00 Å². The third-order valence-corrected chi connectivity index (χ3v) is 5.78. The number of nitrogens with one attached hydrogen (secondary N) is 1. The predicted molar refractivity (Wildman–Crippen MR) is 101 cm³/mol. The van der Waals surface area contributed by atoms with E-state index in [2.05, 4.69) is 12.2 Å². The highest BCUT2D eigenvalue weighted by Crippen LogP contribution is 2.40. The zero-order valence-corrected chi connectivity index (χ0v) is 15.8. The Labute approximate surface area is 156 Å². The number of amides is 1. The van der Waals surface area contributed by atoms with Gasteiger partial charge >= 0.3 is 5.97 Å². The molecule has 0 saturated carbocycles. The second-order valence-electron chi connectivity index (χ2n) is 6.24. The second-order valence-corrected chi connectivity index (χ2v) is 7.78. The molecule has 0 bridgehead atoms. The van der Waals surface area contributed by atoms with Crippen LogP contribution in [0.5, 0.6) is 0 Å². The topological polar surface area (TPSA) is 55.4 Å². The number of hydrogen-bond donors (Lipinski definition) is 1. The van der Waals surface area contributed by atoms with E-state index in [1.807, 2.05) is 0 Å². The van der Waals surface area contributed by atoms with Crippen molar-refractivity contribution in [2.24, 2.45) is 5.92 Å². The Morgan fingerprint density at radius 3 is 2.72 bits per heavy atom. The lowest BCUT2D eigenvalue weighted by Gasteiger charge is -2.18. The van der Waals surface area contributed by atoms with Crippen LogP contribution >= 0.6 is 22.9 Å². The summed E-state index contributed by atoms with van der Waals surface area (Å²) in [7, 11) is 0. The maximum absolute atomic E-state index is 12.5. The van der Waals surface area contributed by atoms with Crippen LogP contribution in [0.1, 0.15) is 51.4 Å². The first-order valence-corrected chi connectivity index (χ1v) is 9.57. The van der Waals surface area contributed by atoms with Crippen molar-refractivity contribution >= 4 is 39.8 Å². The van der Waals surface area contributed by atoms with E-state index in [-0.39, 0.29) is 11.9 Å². The summed E-state index contributed by atoms with van der Waals surface area (Å²) >= 11 is 7.36. The van der Waals surface area contributed by atoms with Gasteiger partial charge in [-0.3, -0.25) is 4.79 Å². The third kappa shape index (κ3) is 3.88. The highest BCUT2D eigenvalue weighted by molar-refractivity contribution is 7.17. The molecule has 4 nitrogen and oxygen atoms in total.